The maximum absolute atomic E-state index is 6.16. The van der Waals surface area contributed by atoms with E-state index in [-0.39, 0.29) is 0 Å². The molecule has 1 aromatic carbocycles. The van der Waals surface area contributed by atoms with E-state index in [1.54, 1.807) is 18.5 Å². The lowest BCUT2D eigenvalue weighted by atomic mass is 10.1. The molecule has 2 aromatic heterocycles. The molecule has 21 heavy (non-hydrogen) atoms. The third-order valence-corrected chi connectivity index (χ3v) is 3.82. The number of fused-ring (bicyclic) bond motifs is 1. The Kier molecular flexibility index (Phi) is 4.23. The van der Waals surface area contributed by atoms with Crippen molar-refractivity contribution in [1.29, 1.82) is 0 Å². The molecule has 106 valence electrons. The lowest BCUT2D eigenvalue weighted by Crippen LogP contribution is -2.06. The Labute approximate surface area is 132 Å². The standard InChI is InChI=1S/C16H13Cl2N3/c17-12-3-4-13(18)11(10-12)5-8-19-15-6-9-20-14-2-1-7-21-16(14)15/h1-4,6-7,9-10H,5,8H2,(H,19,20). The first-order valence-corrected chi connectivity index (χ1v) is 7.37. The van der Waals surface area contributed by atoms with E-state index < -0.39 is 0 Å². The number of rotatable bonds is 4. The summed E-state index contributed by atoms with van der Waals surface area (Å²) < 4.78 is 0. The van der Waals surface area contributed by atoms with E-state index in [0.717, 1.165) is 40.3 Å². The fourth-order valence-electron chi connectivity index (χ4n) is 2.19. The molecule has 3 nitrogen and oxygen atoms in total. The third-order valence-electron chi connectivity index (χ3n) is 3.21. The van der Waals surface area contributed by atoms with Gasteiger partial charge in [-0.2, -0.15) is 0 Å². The summed E-state index contributed by atoms with van der Waals surface area (Å²) in [7, 11) is 0. The highest BCUT2D eigenvalue weighted by Gasteiger charge is 2.04. The minimum atomic E-state index is 0.699. The van der Waals surface area contributed by atoms with Crippen molar-refractivity contribution in [3.63, 3.8) is 0 Å². The molecule has 0 atom stereocenters. The molecular formula is C16H13Cl2N3. The van der Waals surface area contributed by atoms with E-state index >= 15 is 0 Å². The van der Waals surface area contributed by atoms with Gasteiger partial charge in [-0.15, -0.1) is 0 Å². The first-order valence-electron chi connectivity index (χ1n) is 6.61. The second kappa shape index (κ2) is 6.29. The van der Waals surface area contributed by atoms with Crippen LogP contribution in [-0.4, -0.2) is 16.5 Å². The van der Waals surface area contributed by atoms with Crippen LogP contribution in [0.3, 0.4) is 0 Å². The van der Waals surface area contributed by atoms with Gasteiger partial charge in [0.15, 0.2) is 0 Å². The maximum atomic E-state index is 6.16. The molecule has 0 amide bonds. The summed E-state index contributed by atoms with van der Waals surface area (Å²) in [6.07, 6.45) is 4.33. The molecule has 0 aliphatic carbocycles. The average Bonchev–Trinajstić information content (AvgIpc) is 2.51. The molecule has 2 heterocycles. The van der Waals surface area contributed by atoms with Crippen LogP contribution in [0, 0.1) is 0 Å². The quantitative estimate of drug-likeness (QED) is 0.764. The Balaban J connectivity index is 1.74. The van der Waals surface area contributed by atoms with Crippen molar-refractivity contribution < 1.29 is 0 Å². The fourth-order valence-corrected chi connectivity index (χ4v) is 2.60. The van der Waals surface area contributed by atoms with Gasteiger partial charge >= 0.3 is 0 Å². The highest BCUT2D eigenvalue weighted by Crippen LogP contribution is 2.22. The Morgan fingerprint density at radius 3 is 2.81 bits per heavy atom. The van der Waals surface area contributed by atoms with Crippen LogP contribution >= 0.6 is 23.2 Å². The van der Waals surface area contributed by atoms with Gasteiger partial charge in [-0.25, -0.2) is 0 Å². The van der Waals surface area contributed by atoms with E-state index in [1.165, 1.54) is 0 Å². The van der Waals surface area contributed by atoms with Crippen molar-refractivity contribution in [2.24, 2.45) is 0 Å². The second-order valence-electron chi connectivity index (χ2n) is 4.64. The van der Waals surface area contributed by atoms with Crippen LogP contribution in [0.5, 0.6) is 0 Å². The van der Waals surface area contributed by atoms with Gasteiger partial charge in [0, 0.05) is 29.0 Å². The van der Waals surface area contributed by atoms with Crippen LogP contribution in [0.1, 0.15) is 5.56 Å². The number of benzene rings is 1. The highest BCUT2D eigenvalue weighted by molar-refractivity contribution is 6.33. The summed E-state index contributed by atoms with van der Waals surface area (Å²) in [6.45, 7) is 0.746. The van der Waals surface area contributed by atoms with Crippen LogP contribution in [0.4, 0.5) is 5.69 Å². The van der Waals surface area contributed by atoms with Crippen LogP contribution in [0.2, 0.25) is 10.0 Å². The van der Waals surface area contributed by atoms with Gasteiger partial charge in [-0.3, -0.25) is 9.97 Å². The minimum absolute atomic E-state index is 0.699. The van der Waals surface area contributed by atoms with Crippen LogP contribution < -0.4 is 5.32 Å². The van der Waals surface area contributed by atoms with Crippen molar-refractivity contribution >= 4 is 39.9 Å². The van der Waals surface area contributed by atoms with Crippen LogP contribution in [-0.2, 0) is 6.42 Å². The molecule has 0 bridgehead atoms. The maximum Gasteiger partial charge on any atom is 0.112 e. The number of nitrogens with one attached hydrogen (secondary N) is 1. The van der Waals surface area contributed by atoms with Gasteiger partial charge in [0.25, 0.3) is 0 Å². The normalized spacial score (nSPS) is 10.8. The van der Waals surface area contributed by atoms with Crippen molar-refractivity contribution in [1.82, 2.24) is 9.97 Å². The number of hydrogen-bond donors (Lipinski definition) is 1. The van der Waals surface area contributed by atoms with Crippen molar-refractivity contribution in [3.8, 4) is 0 Å². The zero-order chi connectivity index (χ0) is 14.7. The molecule has 3 aromatic rings. The van der Waals surface area contributed by atoms with E-state index in [1.807, 2.05) is 30.3 Å². The van der Waals surface area contributed by atoms with Gasteiger partial charge in [-0.05, 0) is 48.4 Å². The largest absolute Gasteiger partial charge is 0.383 e. The van der Waals surface area contributed by atoms with Gasteiger partial charge in [0.2, 0.25) is 0 Å². The molecule has 1 N–H and O–H groups in total. The molecule has 5 heteroatoms. The lowest BCUT2D eigenvalue weighted by molar-refractivity contribution is 1.02. The second-order valence-corrected chi connectivity index (χ2v) is 5.49. The van der Waals surface area contributed by atoms with Gasteiger partial charge in [-0.1, -0.05) is 23.2 Å². The molecule has 0 spiro atoms. The number of nitrogens with zero attached hydrogens (tertiary/aromatic N) is 2. The summed E-state index contributed by atoms with van der Waals surface area (Å²) >= 11 is 12.2. The molecule has 0 saturated heterocycles. The fraction of sp³-hybridized carbons (Fsp3) is 0.125. The van der Waals surface area contributed by atoms with Gasteiger partial charge in [0.1, 0.15) is 5.52 Å². The van der Waals surface area contributed by atoms with Crippen LogP contribution in [0.25, 0.3) is 11.0 Å². The zero-order valence-electron chi connectivity index (χ0n) is 11.2. The Morgan fingerprint density at radius 2 is 1.90 bits per heavy atom. The monoisotopic (exact) mass is 317 g/mol. The number of hydrogen-bond acceptors (Lipinski definition) is 3. The van der Waals surface area contributed by atoms with Crippen molar-refractivity contribution in [2.75, 3.05) is 11.9 Å². The van der Waals surface area contributed by atoms with Crippen molar-refractivity contribution in [3.05, 3.63) is 64.4 Å². The summed E-state index contributed by atoms with van der Waals surface area (Å²) in [5, 5.41) is 4.81. The molecule has 0 saturated carbocycles. The van der Waals surface area contributed by atoms with E-state index in [0.29, 0.717) is 5.02 Å². The smallest absolute Gasteiger partial charge is 0.112 e. The Hall–Kier alpha value is -1.84. The van der Waals surface area contributed by atoms with Gasteiger partial charge in [0.05, 0.1) is 11.2 Å². The van der Waals surface area contributed by atoms with Crippen molar-refractivity contribution in [2.45, 2.75) is 6.42 Å². The number of anilines is 1. The van der Waals surface area contributed by atoms with Crippen LogP contribution in [0.15, 0.2) is 48.8 Å². The predicted octanol–water partition coefficient (Wildman–Crippen LogP) is 4.59. The Morgan fingerprint density at radius 1 is 1.00 bits per heavy atom. The molecule has 3 rings (SSSR count). The van der Waals surface area contributed by atoms with E-state index in [2.05, 4.69) is 15.3 Å². The van der Waals surface area contributed by atoms with E-state index in [4.69, 9.17) is 23.2 Å². The molecule has 0 radical (unpaired) electrons. The lowest BCUT2D eigenvalue weighted by Gasteiger charge is -2.09. The molecule has 0 fully saturated rings. The summed E-state index contributed by atoms with van der Waals surface area (Å²) in [4.78, 5) is 8.66. The highest BCUT2D eigenvalue weighted by atomic mass is 35.5. The number of pyridine rings is 2. The SMILES string of the molecule is Clc1ccc(Cl)c(CCNc2ccnc3cccnc23)c1. The molecular weight excluding hydrogens is 305 g/mol. The zero-order valence-corrected chi connectivity index (χ0v) is 12.7. The summed E-state index contributed by atoms with van der Waals surface area (Å²) in [5.74, 6) is 0. The van der Waals surface area contributed by atoms with E-state index in [9.17, 15) is 0 Å². The summed E-state index contributed by atoms with van der Waals surface area (Å²) in [5.41, 5.74) is 3.75. The molecule has 0 unspecified atom stereocenters. The molecule has 0 aliphatic rings. The first kappa shape index (κ1) is 14.1. The summed E-state index contributed by atoms with van der Waals surface area (Å²) in [6, 6.07) is 11.3. The number of halogens is 2. The Bertz CT molecular complexity index is 769. The third kappa shape index (κ3) is 3.26. The topological polar surface area (TPSA) is 37.8 Å². The first-order chi connectivity index (χ1) is 10.2. The average molecular weight is 318 g/mol. The predicted molar refractivity (Wildman–Crippen MR) is 88.2 cm³/mol. The minimum Gasteiger partial charge on any atom is -0.383 e. The number of aromatic nitrogens is 2. The molecule has 0 aliphatic heterocycles. The van der Waals surface area contributed by atoms with Gasteiger partial charge < -0.3 is 5.32 Å².